The van der Waals surface area contributed by atoms with Gasteiger partial charge in [-0.15, -0.1) is 0 Å². The number of rotatable bonds is 5. The molecule has 1 aromatic rings. The number of hydrogen-bond donors (Lipinski definition) is 1. The Morgan fingerprint density at radius 2 is 2.17 bits per heavy atom. The van der Waals surface area contributed by atoms with Crippen LogP contribution in [0.1, 0.15) is 23.2 Å². The van der Waals surface area contributed by atoms with Gasteiger partial charge in [0, 0.05) is 12.0 Å². The molecule has 1 aliphatic heterocycles. The molecule has 98 valence electrons. The summed E-state index contributed by atoms with van der Waals surface area (Å²) in [7, 11) is 0. The minimum Gasteiger partial charge on any atom is -0.493 e. The van der Waals surface area contributed by atoms with Gasteiger partial charge in [-0.2, -0.15) is 0 Å². The van der Waals surface area contributed by atoms with Crippen LogP contribution in [-0.2, 0) is 9.47 Å². The first-order chi connectivity index (χ1) is 8.75. The van der Waals surface area contributed by atoms with Crippen LogP contribution in [0.2, 0.25) is 0 Å². The van der Waals surface area contributed by atoms with Gasteiger partial charge in [-0.05, 0) is 24.6 Å². The van der Waals surface area contributed by atoms with Crippen LogP contribution in [0.3, 0.4) is 0 Å². The summed E-state index contributed by atoms with van der Waals surface area (Å²) in [5, 5.41) is 0. The molecule has 5 nitrogen and oxygen atoms in total. The zero-order valence-corrected chi connectivity index (χ0v) is 10.1. The summed E-state index contributed by atoms with van der Waals surface area (Å²) in [6.07, 6.45) is 1.43. The molecule has 0 saturated carbocycles. The second-order valence-electron chi connectivity index (χ2n) is 4.05. The molecule has 0 atom stereocenters. The SMILES string of the molecule is NC(=O)c1cccc(OCCC2OCCCO2)c1. The van der Waals surface area contributed by atoms with E-state index in [1.165, 1.54) is 0 Å². The third-order valence-corrected chi connectivity index (χ3v) is 2.64. The fraction of sp³-hybridized carbons (Fsp3) is 0.462. The zero-order chi connectivity index (χ0) is 12.8. The molecule has 2 N–H and O–H groups in total. The number of hydrogen-bond acceptors (Lipinski definition) is 4. The van der Waals surface area contributed by atoms with Crippen molar-refractivity contribution in [3.63, 3.8) is 0 Å². The number of carbonyl (C=O) groups is 1. The van der Waals surface area contributed by atoms with Crippen molar-refractivity contribution >= 4 is 5.91 Å². The molecule has 0 radical (unpaired) electrons. The van der Waals surface area contributed by atoms with Crippen LogP contribution in [0.15, 0.2) is 24.3 Å². The maximum Gasteiger partial charge on any atom is 0.248 e. The van der Waals surface area contributed by atoms with Gasteiger partial charge in [0.1, 0.15) is 5.75 Å². The number of nitrogens with two attached hydrogens (primary N) is 1. The Morgan fingerprint density at radius 1 is 1.39 bits per heavy atom. The molecule has 5 heteroatoms. The first-order valence-electron chi connectivity index (χ1n) is 6.01. The van der Waals surface area contributed by atoms with Crippen LogP contribution >= 0.6 is 0 Å². The highest BCUT2D eigenvalue weighted by molar-refractivity contribution is 5.93. The van der Waals surface area contributed by atoms with Crippen LogP contribution in [0.5, 0.6) is 5.75 Å². The standard InChI is InChI=1S/C13H17NO4/c14-13(15)10-3-1-4-11(9-10)16-8-5-12-17-6-2-7-18-12/h1,3-4,9,12H,2,5-8H2,(H2,14,15). The van der Waals surface area contributed by atoms with Gasteiger partial charge in [0.05, 0.1) is 19.8 Å². The molecule has 18 heavy (non-hydrogen) atoms. The van der Waals surface area contributed by atoms with Crippen LogP contribution in [0, 0.1) is 0 Å². The molecule has 0 bridgehead atoms. The number of benzene rings is 1. The summed E-state index contributed by atoms with van der Waals surface area (Å²) in [6.45, 7) is 1.95. The first-order valence-corrected chi connectivity index (χ1v) is 6.01. The summed E-state index contributed by atoms with van der Waals surface area (Å²) in [5.74, 6) is 0.168. The Balaban J connectivity index is 1.78. The van der Waals surface area contributed by atoms with Crippen molar-refractivity contribution < 1.29 is 19.0 Å². The van der Waals surface area contributed by atoms with Crippen molar-refractivity contribution in [3.8, 4) is 5.75 Å². The van der Waals surface area contributed by atoms with Crippen LogP contribution in [0.4, 0.5) is 0 Å². The van der Waals surface area contributed by atoms with E-state index in [-0.39, 0.29) is 6.29 Å². The average Bonchev–Trinajstić information content (AvgIpc) is 2.40. The van der Waals surface area contributed by atoms with Gasteiger partial charge >= 0.3 is 0 Å². The van der Waals surface area contributed by atoms with E-state index in [0.717, 1.165) is 19.6 Å². The van der Waals surface area contributed by atoms with E-state index in [1.807, 2.05) is 0 Å². The van der Waals surface area contributed by atoms with Gasteiger partial charge in [0.15, 0.2) is 6.29 Å². The second-order valence-corrected chi connectivity index (χ2v) is 4.05. The quantitative estimate of drug-likeness (QED) is 0.856. The average molecular weight is 251 g/mol. The van der Waals surface area contributed by atoms with E-state index < -0.39 is 5.91 Å². The minimum absolute atomic E-state index is 0.182. The number of amides is 1. The van der Waals surface area contributed by atoms with Gasteiger partial charge < -0.3 is 19.9 Å². The Hall–Kier alpha value is -1.59. The number of ether oxygens (including phenoxy) is 3. The van der Waals surface area contributed by atoms with Gasteiger partial charge in [0.25, 0.3) is 0 Å². The summed E-state index contributed by atoms with van der Waals surface area (Å²) in [6, 6.07) is 6.81. The van der Waals surface area contributed by atoms with Crippen LogP contribution in [0.25, 0.3) is 0 Å². The highest BCUT2D eigenvalue weighted by atomic mass is 16.7. The molecule has 0 aromatic heterocycles. The van der Waals surface area contributed by atoms with Gasteiger partial charge in [0.2, 0.25) is 5.91 Å². The molecule has 2 rings (SSSR count). The van der Waals surface area contributed by atoms with E-state index in [9.17, 15) is 4.79 Å². The van der Waals surface area contributed by atoms with Crippen molar-refractivity contribution in [2.24, 2.45) is 5.73 Å². The Labute approximate surface area is 106 Å². The topological polar surface area (TPSA) is 70.8 Å². The Morgan fingerprint density at radius 3 is 2.89 bits per heavy atom. The fourth-order valence-corrected chi connectivity index (χ4v) is 1.72. The lowest BCUT2D eigenvalue weighted by atomic mass is 10.2. The van der Waals surface area contributed by atoms with Crippen molar-refractivity contribution in [1.82, 2.24) is 0 Å². The minimum atomic E-state index is -0.459. The van der Waals surface area contributed by atoms with Crippen molar-refractivity contribution in [1.29, 1.82) is 0 Å². The Bertz CT molecular complexity index is 402. The lowest BCUT2D eigenvalue weighted by Gasteiger charge is -2.23. The predicted octanol–water partition coefficient (Wildman–Crippen LogP) is 1.32. The molecule has 1 fully saturated rings. The molecular weight excluding hydrogens is 234 g/mol. The molecule has 1 aromatic carbocycles. The summed E-state index contributed by atoms with van der Waals surface area (Å²) in [5.41, 5.74) is 5.64. The molecular formula is C13H17NO4. The fourth-order valence-electron chi connectivity index (χ4n) is 1.72. The molecule has 1 saturated heterocycles. The van der Waals surface area contributed by atoms with Crippen molar-refractivity contribution in [2.75, 3.05) is 19.8 Å². The molecule has 0 spiro atoms. The monoisotopic (exact) mass is 251 g/mol. The zero-order valence-electron chi connectivity index (χ0n) is 10.1. The van der Waals surface area contributed by atoms with E-state index in [4.69, 9.17) is 19.9 Å². The lowest BCUT2D eigenvalue weighted by molar-refractivity contribution is -0.183. The van der Waals surface area contributed by atoms with Gasteiger partial charge in [-0.1, -0.05) is 6.07 Å². The molecule has 0 unspecified atom stereocenters. The van der Waals surface area contributed by atoms with E-state index in [0.29, 0.717) is 24.3 Å². The summed E-state index contributed by atoms with van der Waals surface area (Å²) in [4.78, 5) is 11.0. The summed E-state index contributed by atoms with van der Waals surface area (Å²) >= 11 is 0. The van der Waals surface area contributed by atoms with Crippen molar-refractivity contribution in [3.05, 3.63) is 29.8 Å². The molecule has 1 amide bonds. The summed E-state index contributed by atoms with van der Waals surface area (Å²) < 4.78 is 16.3. The van der Waals surface area contributed by atoms with Gasteiger partial charge in [-0.3, -0.25) is 4.79 Å². The normalized spacial score (nSPS) is 16.4. The van der Waals surface area contributed by atoms with Crippen LogP contribution < -0.4 is 10.5 Å². The largest absolute Gasteiger partial charge is 0.493 e. The third-order valence-electron chi connectivity index (χ3n) is 2.64. The molecule has 1 aliphatic rings. The predicted molar refractivity (Wildman–Crippen MR) is 65.4 cm³/mol. The second kappa shape index (κ2) is 6.37. The van der Waals surface area contributed by atoms with Crippen LogP contribution in [-0.4, -0.2) is 32.0 Å². The van der Waals surface area contributed by atoms with Crippen molar-refractivity contribution in [2.45, 2.75) is 19.1 Å². The number of primary amides is 1. The maximum absolute atomic E-state index is 11.0. The lowest BCUT2D eigenvalue weighted by Crippen LogP contribution is -2.26. The number of carbonyl (C=O) groups excluding carboxylic acids is 1. The van der Waals surface area contributed by atoms with E-state index in [2.05, 4.69) is 0 Å². The first kappa shape index (κ1) is 12.9. The Kier molecular flexibility index (Phi) is 4.55. The van der Waals surface area contributed by atoms with E-state index in [1.54, 1.807) is 24.3 Å². The van der Waals surface area contributed by atoms with E-state index >= 15 is 0 Å². The van der Waals surface area contributed by atoms with Gasteiger partial charge in [-0.25, -0.2) is 0 Å². The molecule has 1 heterocycles. The smallest absolute Gasteiger partial charge is 0.248 e. The maximum atomic E-state index is 11.0. The third kappa shape index (κ3) is 3.72. The molecule has 0 aliphatic carbocycles. The highest BCUT2D eigenvalue weighted by Crippen LogP contribution is 2.14. The highest BCUT2D eigenvalue weighted by Gasteiger charge is 2.13.